The maximum absolute atomic E-state index is 11.6. The fraction of sp³-hybridized carbons (Fsp3) is 0.333. The molecule has 0 fully saturated rings. The SMILES string of the molecule is CC(C)OC(=O)COC(=O)c1cc(N)cc(Br)c1. The van der Waals surface area contributed by atoms with Crippen LogP contribution in [0.25, 0.3) is 0 Å². The minimum atomic E-state index is -0.622. The molecule has 6 heteroatoms. The van der Waals surface area contributed by atoms with E-state index in [9.17, 15) is 9.59 Å². The van der Waals surface area contributed by atoms with Crippen LogP contribution in [0.2, 0.25) is 0 Å². The van der Waals surface area contributed by atoms with E-state index in [4.69, 9.17) is 15.2 Å². The molecule has 0 radical (unpaired) electrons. The van der Waals surface area contributed by atoms with Crippen LogP contribution < -0.4 is 5.73 Å². The molecular weight excluding hydrogens is 302 g/mol. The number of nitrogen functional groups attached to an aromatic ring is 1. The smallest absolute Gasteiger partial charge is 0.344 e. The van der Waals surface area contributed by atoms with Crippen molar-refractivity contribution < 1.29 is 19.1 Å². The van der Waals surface area contributed by atoms with Gasteiger partial charge in [0.2, 0.25) is 0 Å². The molecule has 0 aliphatic carbocycles. The minimum absolute atomic E-state index is 0.238. The monoisotopic (exact) mass is 315 g/mol. The van der Waals surface area contributed by atoms with Crippen LogP contribution in [-0.4, -0.2) is 24.6 Å². The zero-order valence-electron chi connectivity index (χ0n) is 10.1. The first-order valence-corrected chi connectivity index (χ1v) is 6.10. The molecule has 0 saturated carbocycles. The number of anilines is 1. The lowest BCUT2D eigenvalue weighted by Crippen LogP contribution is -2.19. The molecule has 1 aromatic carbocycles. The average molecular weight is 316 g/mol. The van der Waals surface area contributed by atoms with Crippen LogP contribution in [-0.2, 0) is 14.3 Å². The van der Waals surface area contributed by atoms with Gasteiger partial charge in [-0.25, -0.2) is 9.59 Å². The Labute approximate surface area is 113 Å². The first-order chi connectivity index (χ1) is 8.38. The molecule has 1 rings (SSSR count). The maximum atomic E-state index is 11.6. The van der Waals surface area contributed by atoms with E-state index in [1.165, 1.54) is 6.07 Å². The normalized spacial score (nSPS) is 10.2. The molecule has 0 aromatic heterocycles. The van der Waals surface area contributed by atoms with Crippen molar-refractivity contribution in [2.24, 2.45) is 0 Å². The van der Waals surface area contributed by atoms with Crippen molar-refractivity contribution in [3.05, 3.63) is 28.2 Å². The molecule has 0 amide bonds. The zero-order chi connectivity index (χ0) is 13.7. The fourth-order valence-electron chi connectivity index (χ4n) is 1.23. The number of benzene rings is 1. The Morgan fingerprint density at radius 1 is 1.33 bits per heavy atom. The van der Waals surface area contributed by atoms with Crippen molar-refractivity contribution in [3.63, 3.8) is 0 Å². The van der Waals surface area contributed by atoms with E-state index >= 15 is 0 Å². The Kier molecular flexibility index (Phi) is 5.15. The van der Waals surface area contributed by atoms with Gasteiger partial charge in [0.15, 0.2) is 6.61 Å². The second kappa shape index (κ2) is 6.39. The number of halogens is 1. The van der Waals surface area contributed by atoms with Crippen molar-refractivity contribution in [1.29, 1.82) is 0 Å². The van der Waals surface area contributed by atoms with Crippen LogP contribution in [0, 0.1) is 0 Å². The third kappa shape index (κ3) is 4.75. The molecule has 0 atom stereocenters. The van der Waals surface area contributed by atoms with Crippen molar-refractivity contribution in [2.45, 2.75) is 20.0 Å². The molecular formula is C12H14BrNO4. The molecule has 0 aliphatic heterocycles. The summed E-state index contributed by atoms with van der Waals surface area (Å²) in [5, 5.41) is 0. The van der Waals surface area contributed by atoms with Gasteiger partial charge < -0.3 is 15.2 Å². The molecule has 0 spiro atoms. The average Bonchev–Trinajstić information content (AvgIpc) is 2.23. The van der Waals surface area contributed by atoms with Gasteiger partial charge in [-0.2, -0.15) is 0 Å². The lowest BCUT2D eigenvalue weighted by Gasteiger charge is -2.08. The summed E-state index contributed by atoms with van der Waals surface area (Å²) in [6.45, 7) is 3.02. The lowest BCUT2D eigenvalue weighted by atomic mass is 10.2. The van der Waals surface area contributed by atoms with E-state index in [-0.39, 0.29) is 11.7 Å². The minimum Gasteiger partial charge on any atom is -0.460 e. The molecule has 5 nitrogen and oxygen atoms in total. The Morgan fingerprint density at radius 3 is 2.56 bits per heavy atom. The molecule has 0 bridgehead atoms. The number of carbonyl (C=O) groups is 2. The highest BCUT2D eigenvalue weighted by Gasteiger charge is 2.12. The van der Waals surface area contributed by atoms with Crippen molar-refractivity contribution in [3.8, 4) is 0 Å². The standard InChI is InChI=1S/C12H14BrNO4/c1-7(2)18-11(15)6-17-12(16)8-3-9(13)5-10(14)4-8/h3-5,7H,6,14H2,1-2H3. The molecule has 0 aliphatic rings. The molecule has 0 unspecified atom stereocenters. The van der Waals surface area contributed by atoms with Crippen molar-refractivity contribution in [2.75, 3.05) is 12.3 Å². The second-order valence-corrected chi connectivity index (χ2v) is 4.80. The van der Waals surface area contributed by atoms with Crippen molar-refractivity contribution in [1.82, 2.24) is 0 Å². The quantitative estimate of drug-likeness (QED) is 0.680. The number of hydrogen-bond donors (Lipinski definition) is 1. The van der Waals surface area contributed by atoms with E-state index in [0.29, 0.717) is 10.2 Å². The van der Waals surface area contributed by atoms with Crippen LogP contribution in [0.3, 0.4) is 0 Å². The summed E-state index contributed by atoms with van der Waals surface area (Å²) in [5.41, 5.74) is 6.30. The van der Waals surface area contributed by atoms with Gasteiger partial charge >= 0.3 is 11.9 Å². The highest BCUT2D eigenvalue weighted by molar-refractivity contribution is 9.10. The Bertz CT molecular complexity index is 439. The number of ether oxygens (including phenoxy) is 2. The van der Waals surface area contributed by atoms with E-state index in [1.54, 1.807) is 26.0 Å². The van der Waals surface area contributed by atoms with Gasteiger partial charge in [0, 0.05) is 10.2 Å². The zero-order valence-corrected chi connectivity index (χ0v) is 11.7. The summed E-state index contributed by atoms with van der Waals surface area (Å²) < 4.78 is 10.3. The molecule has 1 aromatic rings. The number of esters is 2. The first kappa shape index (κ1) is 14.5. The predicted octanol–water partition coefficient (Wildman–Crippen LogP) is 2.14. The molecule has 18 heavy (non-hydrogen) atoms. The fourth-order valence-corrected chi connectivity index (χ4v) is 1.75. The lowest BCUT2D eigenvalue weighted by molar-refractivity contribution is -0.150. The van der Waals surface area contributed by atoms with Gasteiger partial charge in [-0.15, -0.1) is 0 Å². The van der Waals surface area contributed by atoms with Gasteiger partial charge in [-0.3, -0.25) is 0 Å². The summed E-state index contributed by atoms with van der Waals surface area (Å²) in [4.78, 5) is 22.8. The third-order valence-corrected chi connectivity index (χ3v) is 2.30. The van der Waals surface area contributed by atoms with E-state index in [0.717, 1.165) is 0 Å². The predicted molar refractivity (Wildman–Crippen MR) is 70.1 cm³/mol. The van der Waals surface area contributed by atoms with E-state index in [1.807, 2.05) is 0 Å². The Morgan fingerprint density at radius 2 is 2.00 bits per heavy atom. The largest absolute Gasteiger partial charge is 0.460 e. The van der Waals surface area contributed by atoms with Gasteiger partial charge in [0.25, 0.3) is 0 Å². The van der Waals surface area contributed by atoms with Crippen LogP contribution in [0.4, 0.5) is 5.69 Å². The summed E-state index contributed by atoms with van der Waals surface area (Å²) in [5.74, 6) is -1.20. The number of carbonyl (C=O) groups excluding carboxylic acids is 2. The van der Waals surface area contributed by atoms with Gasteiger partial charge in [-0.1, -0.05) is 15.9 Å². The maximum Gasteiger partial charge on any atom is 0.344 e. The topological polar surface area (TPSA) is 78.6 Å². The van der Waals surface area contributed by atoms with E-state index in [2.05, 4.69) is 15.9 Å². The molecule has 2 N–H and O–H groups in total. The van der Waals surface area contributed by atoms with Gasteiger partial charge in [-0.05, 0) is 32.0 Å². The van der Waals surface area contributed by atoms with Crippen molar-refractivity contribution >= 4 is 33.6 Å². The van der Waals surface area contributed by atoms with E-state index < -0.39 is 18.5 Å². The van der Waals surface area contributed by atoms with Crippen LogP contribution in [0.15, 0.2) is 22.7 Å². The summed E-state index contributed by atoms with van der Waals surface area (Å²) in [6.07, 6.45) is -0.238. The summed E-state index contributed by atoms with van der Waals surface area (Å²) in [6, 6.07) is 4.69. The Balaban J connectivity index is 2.58. The third-order valence-electron chi connectivity index (χ3n) is 1.84. The summed E-state index contributed by atoms with van der Waals surface area (Å²) in [7, 11) is 0. The summed E-state index contributed by atoms with van der Waals surface area (Å²) >= 11 is 3.21. The van der Waals surface area contributed by atoms with Crippen LogP contribution in [0.5, 0.6) is 0 Å². The van der Waals surface area contributed by atoms with Crippen LogP contribution in [0.1, 0.15) is 24.2 Å². The highest BCUT2D eigenvalue weighted by Crippen LogP contribution is 2.17. The molecule has 98 valence electrons. The highest BCUT2D eigenvalue weighted by atomic mass is 79.9. The van der Waals surface area contributed by atoms with Gasteiger partial charge in [0.1, 0.15) is 0 Å². The van der Waals surface area contributed by atoms with Crippen LogP contribution >= 0.6 is 15.9 Å². The molecule has 0 heterocycles. The first-order valence-electron chi connectivity index (χ1n) is 5.31. The van der Waals surface area contributed by atoms with Gasteiger partial charge in [0.05, 0.1) is 11.7 Å². The molecule has 0 saturated heterocycles. The Hall–Kier alpha value is -1.56. The number of nitrogens with two attached hydrogens (primary N) is 1. The number of rotatable bonds is 4. The number of hydrogen-bond acceptors (Lipinski definition) is 5. The second-order valence-electron chi connectivity index (χ2n) is 3.89.